The summed E-state index contributed by atoms with van der Waals surface area (Å²) in [7, 11) is 0. The predicted molar refractivity (Wildman–Crippen MR) is 125 cm³/mol. The number of carbonyl (C=O) groups excluding carboxylic acids is 1. The van der Waals surface area contributed by atoms with Gasteiger partial charge in [-0.15, -0.1) is 5.10 Å². The zero-order chi connectivity index (χ0) is 24.5. The molecule has 4 rings (SSSR count). The number of halogens is 2. The van der Waals surface area contributed by atoms with Crippen LogP contribution >= 0.6 is 0 Å². The second kappa shape index (κ2) is 8.97. The summed E-state index contributed by atoms with van der Waals surface area (Å²) in [5.41, 5.74) is 8.34. The van der Waals surface area contributed by atoms with Crippen LogP contribution in [0.15, 0.2) is 54.7 Å². The van der Waals surface area contributed by atoms with E-state index in [4.69, 9.17) is 5.73 Å². The number of amides is 1. The highest BCUT2D eigenvalue weighted by atomic mass is 19.2. The van der Waals surface area contributed by atoms with Gasteiger partial charge in [0.1, 0.15) is 11.5 Å². The molecule has 0 aliphatic heterocycles. The highest BCUT2D eigenvalue weighted by Crippen LogP contribution is 2.30. The van der Waals surface area contributed by atoms with Crippen LogP contribution in [0, 0.1) is 17.0 Å². The molecule has 174 valence electrons. The molecule has 4 aromatic rings. The molecular formula is C24H23F2N7O. The maximum atomic E-state index is 14.4. The number of nitrogens with one attached hydrogen (secondary N) is 1. The van der Waals surface area contributed by atoms with E-state index in [0.717, 1.165) is 16.3 Å². The third-order valence-corrected chi connectivity index (χ3v) is 4.98. The lowest BCUT2D eigenvalue weighted by Gasteiger charge is -2.17. The van der Waals surface area contributed by atoms with Crippen molar-refractivity contribution in [3.63, 3.8) is 0 Å². The van der Waals surface area contributed by atoms with E-state index < -0.39 is 11.6 Å². The maximum absolute atomic E-state index is 14.4. The number of nitrogens with zero attached hydrogens (tertiary/aromatic N) is 5. The lowest BCUT2D eigenvalue weighted by atomic mass is 9.92. The van der Waals surface area contributed by atoms with Crippen molar-refractivity contribution in [1.29, 1.82) is 0 Å². The van der Waals surface area contributed by atoms with Crippen molar-refractivity contribution >= 4 is 17.4 Å². The summed E-state index contributed by atoms with van der Waals surface area (Å²) < 4.78 is 29.2. The summed E-state index contributed by atoms with van der Waals surface area (Å²) >= 11 is 0. The zero-order valence-corrected chi connectivity index (χ0v) is 18.9. The van der Waals surface area contributed by atoms with Crippen LogP contribution in [0.4, 0.5) is 20.3 Å². The quantitative estimate of drug-likeness (QED) is 0.447. The van der Waals surface area contributed by atoms with E-state index in [9.17, 15) is 13.6 Å². The zero-order valence-electron chi connectivity index (χ0n) is 18.9. The number of hydrogen-bond donors (Lipinski definition) is 2. The molecule has 0 saturated carbocycles. The standard InChI is InChI=1S/C24H23F2N7O/c1-24(2,3)12-20(34)29-16-9-7-14(8-10-16)15-11-17(22(27)28-13-15)23-30-31-32-33(23)19-6-4-5-18(25)21(19)26/h4-11,13H,12H2,1-3H3,(H2,27,28)(H,29,34). The first-order valence-corrected chi connectivity index (χ1v) is 10.5. The van der Waals surface area contributed by atoms with Gasteiger partial charge >= 0.3 is 0 Å². The molecule has 0 radical (unpaired) electrons. The SMILES string of the molecule is CC(C)(C)CC(=O)Nc1ccc(-c2cnc(N)c(-c3nnnn3-c3cccc(F)c3F)c2)cc1. The van der Waals surface area contributed by atoms with Gasteiger partial charge in [0.05, 0.1) is 5.56 Å². The van der Waals surface area contributed by atoms with E-state index in [0.29, 0.717) is 23.2 Å². The minimum absolute atomic E-state index is 0.0619. The predicted octanol–water partition coefficient (Wildman–Crippen LogP) is 4.63. The smallest absolute Gasteiger partial charge is 0.224 e. The Morgan fingerprint density at radius 3 is 2.53 bits per heavy atom. The molecule has 3 N–H and O–H groups in total. The molecule has 2 aromatic carbocycles. The number of pyridine rings is 1. The molecule has 0 aliphatic rings. The van der Waals surface area contributed by atoms with Crippen LogP contribution in [-0.2, 0) is 4.79 Å². The Balaban J connectivity index is 1.64. The Bertz CT molecular complexity index is 1340. The van der Waals surface area contributed by atoms with Gasteiger partial charge in [0.2, 0.25) is 5.91 Å². The van der Waals surface area contributed by atoms with Gasteiger partial charge in [0, 0.05) is 23.9 Å². The van der Waals surface area contributed by atoms with Gasteiger partial charge in [-0.2, -0.15) is 4.68 Å². The topological polar surface area (TPSA) is 112 Å². The lowest BCUT2D eigenvalue weighted by Crippen LogP contribution is -2.19. The fraction of sp³-hybridized carbons (Fsp3) is 0.208. The Labute approximate surface area is 194 Å². The number of rotatable bonds is 5. The molecule has 0 unspecified atom stereocenters. The second-order valence-electron chi connectivity index (χ2n) is 9.01. The Kier molecular flexibility index (Phi) is 6.06. The Morgan fingerprint density at radius 2 is 1.82 bits per heavy atom. The number of anilines is 2. The average molecular weight is 463 g/mol. The van der Waals surface area contributed by atoms with Crippen molar-refractivity contribution < 1.29 is 13.6 Å². The fourth-order valence-electron chi connectivity index (χ4n) is 3.42. The monoisotopic (exact) mass is 463 g/mol. The third kappa shape index (κ3) is 4.90. The third-order valence-electron chi connectivity index (χ3n) is 4.98. The molecule has 0 spiro atoms. The van der Waals surface area contributed by atoms with Crippen LogP contribution in [0.5, 0.6) is 0 Å². The molecule has 0 aliphatic carbocycles. The molecular weight excluding hydrogens is 440 g/mol. The van der Waals surface area contributed by atoms with E-state index in [-0.39, 0.29) is 28.7 Å². The van der Waals surface area contributed by atoms with Gasteiger partial charge in [-0.05, 0) is 51.7 Å². The lowest BCUT2D eigenvalue weighted by molar-refractivity contribution is -0.117. The van der Waals surface area contributed by atoms with Crippen molar-refractivity contribution in [2.75, 3.05) is 11.1 Å². The summed E-state index contributed by atoms with van der Waals surface area (Å²) in [6.45, 7) is 6.00. The van der Waals surface area contributed by atoms with Crippen molar-refractivity contribution in [2.24, 2.45) is 5.41 Å². The number of carbonyl (C=O) groups is 1. The molecule has 2 aromatic heterocycles. The van der Waals surface area contributed by atoms with E-state index in [1.54, 1.807) is 24.4 Å². The van der Waals surface area contributed by atoms with Crippen molar-refractivity contribution in [2.45, 2.75) is 27.2 Å². The molecule has 0 atom stereocenters. The Hall–Kier alpha value is -4.21. The van der Waals surface area contributed by atoms with E-state index in [1.807, 2.05) is 32.9 Å². The van der Waals surface area contributed by atoms with Crippen molar-refractivity contribution in [1.82, 2.24) is 25.2 Å². The summed E-state index contributed by atoms with van der Waals surface area (Å²) in [6.07, 6.45) is 1.99. The summed E-state index contributed by atoms with van der Waals surface area (Å²) in [5.74, 6) is -1.92. The molecule has 2 heterocycles. The Morgan fingerprint density at radius 1 is 1.09 bits per heavy atom. The number of tetrazole rings is 1. The van der Waals surface area contributed by atoms with Crippen LogP contribution in [0.2, 0.25) is 0 Å². The molecule has 1 amide bonds. The number of nitrogen functional groups attached to an aromatic ring is 1. The summed E-state index contributed by atoms with van der Waals surface area (Å²) in [6, 6.07) is 12.7. The van der Waals surface area contributed by atoms with E-state index in [2.05, 4.69) is 25.8 Å². The highest BCUT2D eigenvalue weighted by molar-refractivity contribution is 5.91. The van der Waals surface area contributed by atoms with Crippen LogP contribution < -0.4 is 11.1 Å². The fourth-order valence-corrected chi connectivity index (χ4v) is 3.42. The van der Waals surface area contributed by atoms with Crippen LogP contribution in [0.1, 0.15) is 27.2 Å². The average Bonchev–Trinajstić information content (AvgIpc) is 3.24. The van der Waals surface area contributed by atoms with Crippen molar-refractivity contribution in [3.05, 3.63) is 66.4 Å². The van der Waals surface area contributed by atoms with E-state index >= 15 is 0 Å². The minimum Gasteiger partial charge on any atom is -0.383 e. The van der Waals surface area contributed by atoms with Gasteiger partial charge in [-0.25, -0.2) is 13.8 Å². The maximum Gasteiger partial charge on any atom is 0.224 e. The number of nitrogens with two attached hydrogens (primary N) is 1. The summed E-state index contributed by atoms with van der Waals surface area (Å²) in [5, 5.41) is 14.2. The van der Waals surface area contributed by atoms with Crippen LogP contribution in [0.25, 0.3) is 28.2 Å². The summed E-state index contributed by atoms with van der Waals surface area (Å²) in [4.78, 5) is 16.4. The minimum atomic E-state index is -1.08. The molecule has 34 heavy (non-hydrogen) atoms. The molecule has 0 bridgehead atoms. The van der Waals surface area contributed by atoms with E-state index in [1.165, 1.54) is 12.1 Å². The van der Waals surface area contributed by atoms with Gasteiger partial charge in [0.25, 0.3) is 0 Å². The van der Waals surface area contributed by atoms with Crippen LogP contribution in [-0.4, -0.2) is 31.1 Å². The first-order chi connectivity index (χ1) is 16.1. The van der Waals surface area contributed by atoms with Gasteiger partial charge in [-0.1, -0.05) is 39.0 Å². The molecule has 0 fully saturated rings. The molecule has 10 heteroatoms. The first kappa shape index (κ1) is 23.0. The number of aromatic nitrogens is 5. The van der Waals surface area contributed by atoms with Crippen LogP contribution in [0.3, 0.4) is 0 Å². The number of hydrogen-bond acceptors (Lipinski definition) is 6. The normalized spacial score (nSPS) is 11.4. The van der Waals surface area contributed by atoms with Crippen molar-refractivity contribution in [3.8, 4) is 28.2 Å². The highest BCUT2D eigenvalue weighted by Gasteiger charge is 2.20. The second-order valence-corrected chi connectivity index (χ2v) is 9.01. The van der Waals surface area contributed by atoms with Gasteiger partial charge in [0.15, 0.2) is 17.5 Å². The van der Waals surface area contributed by atoms with Gasteiger partial charge < -0.3 is 11.1 Å². The van der Waals surface area contributed by atoms with Gasteiger partial charge in [-0.3, -0.25) is 4.79 Å². The molecule has 0 saturated heterocycles. The number of benzene rings is 2. The molecule has 8 nitrogen and oxygen atoms in total. The first-order valence-electron chi connectivity index (χ1n) is 10.5. The largest absolute Gasteiger partial charge is 0.383 e.